The van der Waals surface area contributed by atoms with Gasteiger partial charge in [-0.05, 0) is 53.2 Å². The number of methoxy groups -OCH3 is 1. The zero-order valence-electron chi connectivity index (χ0n) is 13.9. The summed E-state index contributed by atoms with van der Waals surface area (Å²) in [6, 6.07) is 12.5. The Morgan fingerprint density at radius 3 is 2.50 bits per heavy atom. The number of thiophene rings is 2. The van der Waals surface area contributed by atoms with Crippen LogP contribution in [0.15, 0.2) is 64.3 Å². The number of anilines is 1. The van der Waals surface area contributed by atoms with E-state index >= 15 is 0 Å². The van der Waals surface area contributed by atoms with Crippen molar-refractivity contribution in [2.75, 3.05) is 12.4 Å². The minimum Gasteiger partial charge on any atom is -0.497 e. The van der Waals surface area contributed by atoms with Gasteiger partial charge in [-0.3, -0.25) is 9.59 Å². The third-order valence-electron chi connectivity index (χ3n) is 3.45. The number of carbonyl (C=O) groups excluding carboxylic acids is 2. The maximum absolute atomic E-state index is 12.7. The average Bonchev–Trinajstić information content (AvgIpc) is 3.35. The summed E-state index contributed by atoms with van der Waals surface area (Å²) < 4.78 is 5.11. The Bertz CT molecular complexity index is 899. The lowest BCUT2D eigenvalue weighted by molar-refractivity contribution is -0.113. The highest BCUT2D eigenvalue weighted by Crippen LogP contribution is 2.17. The van der Waals surface area contributed by atoms with Crippen molar-refractivity contribution in [3.63, 3.8) is 0 Å². The molecule has 26 heavy (non-hydrogen) atoms. The number of hydrogen-bond acceptors (Lipinski definition) is 5. The van der Waals surface area contributed by atoms with Gasteiger partial charge in [0.1, 0.15) is 11.4 Å². The van der Waals surface area contributed by atoms with Gasteiger partial charge in [-0.2, -0.15) is 11.3 Å². The van der Waals surface area contributed by atoms with E-state index in [0.717, 1.165) is 4.88 Å². The predicted octanol–water partition coefficient (Wildman–Crippen LogP) is 4.23. The van der Waals surface area contributed by atoms with Crippen LogP contribution in [0.3, 0.4) is 0 Å². The zero-order chi connectivity index (χ0) is 18.4. The van der Waals surface area contributed by atoms with E-state index in [1.54, 1.807) is 48.9 Å². The van der Waals surface area contributed by atoms with Gasteiger partial charge in [-0.1, -0.05) is 6.07 Å². The van der Waals surface area contributed by atoms with Crippen LogP contribution in [-0.4, -0.2) is 18.9 Å². The van der Waals surface area contributed by atoms with Crippen LogP contribution in [0.4, 0.5) is 5.69 Å². The molecule has 2 amide bonds. The molecule has 2 aromatic heterocycles. The van der Waals surface area contributed by atoms with Gasteiger partial charge < -0.3 is 15.4 Å². The van der Waals surface area contributed by atoms with Crippen molar-refractivity contribution in [2.45, 2.75) is 0 Å². The number of ether oxygens (including phenoxy) is 1. The number of nitrogens with one attached hydrogen (secondary N) is 2. The van der Waals surface area contributed by atoms with Gasteiger partial charge in [0.25, 0.3) is 11.8 Å². The number of hydrogen-bond donors (Lipinski definition) is 2. The quantitative estimate of drug-likeness (QED) is 0.625. The molecule has 1 aromatic carbocycles. The molecule has 3 aromatic rings. The fraction of sp³-hybridized carbons (Fsp3) is 0.0526. The van der Waals surface area contributed by atoms with Gasteiger partial charge in [0, 0.05) is 15.9 Å². The van der Waals surface area contributed by atoms with Crippen LogP contribution in [0.1, 0.15) is 15.2 Å². The number of carbonyl (C=O) groups is 2. The lowest BCUT2D eigenvalue weighted by Crippen LogP contribution is -2.30. The summed E-state index contributed by atoms with van der Waals surface area (Å²) in [4.78, 5) is 25.9. The number of rotatable bonds is 6. The van der Waals surface area contributed by atoms with Crippen molar-refractivity contribution in [1.82, 2.24) is 5.32 Å². The molecule has 0 saturated heterocycles. The van der Waals surface area contributed by atoms with Crippen LogP contribution in [0.2, 0.25) is 0 Å². The van der Waals surface area contributed by atoms with Crippen molar-refractivity contribution < 1.29 is 14.3 Å². The number of amides is 2. The van der Waals surface area contributed by atoms with E-state index in [2.05, 4.69) is 10.6 Å². The largest absolute Gasteiger partial charge is 0.497 e. The fourth-order valence-corrected chi connectivity index (χ4v) is 3.43. The Hall–Kier alpha value is -2.90. The lowest BCUT2D eigenvalue weighted by atomic mass is 10.2. The predicted molar refractivity (Wildman–Crippen MR) is 106 cm³/mol. The van der Waals surface area contributed by atoms with Crippen LogP contribution in [0.25, 0.3) is 6.08 Å². The molecule has 0 aliphatic heterocycles. The van der Waals surface area contributed by atoms with E-state index in [0.29, 0.717) is 17.0 Å². The molecule has 5 nitrogen and oxygen atoms in total. The van der Waals surface area contributed by atoms with Gasteiger partial charge in [0.05, 0.1) is 12.7 Å². The summed E-state index contributed by atoms with van der Waals surface area (Å²) in [5.41, 5.74) is 1.31. The molecule has 0 radical (unpaired) electrons. The van der Waals surface area contributed by atoms with Crippen molar-refractivity contribution >= 4 is 46.3 Å². The molecule has 0 aliphatic rings. The average molecular weight is 384 g/mol. The summed E-state index contributed by atoms with van der Waals surface area (Å²) >= 11 is 2.91. The SMILES string of the molecule is COc1ccc(NC(=O)/C(=C/c2cccs2)NC(=O)c2ccsc2)cc1. The monoisotopic (exact) mass is 384 g/mol. The van der Waals surface area contributed by atoms with Gasteiger partial charge in [0.15, 0.2) is 0 Å². The van der Waals surface area contributed by atoms with Crippen LogP contribution < -0.4 is 15.4 Å². The smallest absolute Gasteiger partial charge is 0.272 e. The van der Waals surface area contributed by atoms with Crippen LogP contribution in [0, 0.1) is 0 Å². The zero-order valence-corrected chi connectivity index (χ0v) is 15.5. The molecule has 0 unspecified atom stereocenters. The molecule has 2 heterocycles. The van der Waals surface area contributed by atoms with E-state index in [1.165, 1.54) is 22.7 Å². The second-order valence-electron chi connectivity index (χ2n) is 5.22. The van der Waals surface area contributed by atoms with E-state index in [9.17, 15) is 9.59 Å². The first kappa shape index (κ1) is 17.9. The number of benzene rings is 1. The van der Waals surface area contributed by atoms with Gasteiger partial charge in [0.2, 0.25) is 0 Å². The highest BCUT2D eigenvalue weighted by Gasteiger charge is 2.15. The first-order chi connectivity index (χ1) is 12.7. The van der Waals surface area contributed by atoms with Crippen molar-refractivity contribution in [3.8, 4) is 5.75 Å². The summed E-state index contributed by atoms with van der Waals surface area (Å²) in [5.74, 6) is -0.0193. The maximum atomic E-state index is 12.7. The highest BCUT2D eigenvalue weighted by atomic mass is 32.1. The minimum absolute atomic E-state index is 0.180. The van der Waals surface area contributed by atoms with E-state index in [4.69, 9.17) is 4.74 Å². The maximum Gasteiger partial charge on any atom is 0.272 e. The molecule has 0 bridgehead atoms. The molecular weight excluding hydrogens is 368 g/mol. The van der Waals surface area contributed by atoms with Crippen LogP contribution in [-0.2, 0) is 4.79 Å². The molecule has 7 heteroatoms. The normalized spacial score (nSPS) is 11.0. The van der Waals surface area contributed by atoms with Crippen molar-refractivity contribution in [3.05, 3.63) is 74.7 Å². The Kier molecular flexibility index (Phi) is 5.83. The summed E-state index contributed by atoms with van der Waals surface area (Å²) in [7, 11) is 1.58. The Morgan fingerprint density at radius 2 is 1.88 bits per heavy atom. The van der Waals surface area contributed by atoms with Crippen LogP contribution in [0.5, 0.6) is 5.75 Å². The third-order valence-corrected chi connectivity index (χ3v) is 4.96. The van der Waals surface area contributed by atoms with E-state index in [-0.39, 0.29) is 11.6 Å². The first-order valence-electron chi connectivity index (χ1n) is 7.70. The third kappa shape index (κ3) is 4.59. The summed E-state index contributed by atoms with van der Waals surface area (Å²) in [5, 5.41) is 10.9. The molecule has 0 aliphatic carbocycles. The van der Waals surface area contributed by atoms with Gasteiger partial charge >= 0.3 is 0 Å². The molecule has 0 atom stereocenters. The molecule has 3 rings (SSSR count). The Morgan fingerprint density at radius 1 is 1.08 bits per heavy atom. The van der Waals surface area contributed by atoms with Gasteiger partial charge in [-0.15, -0.1) is 11.3 Å². The second-order valence-corrected chi connectivity index (χ2v) is 6.98. The second kappa shape index (κ2) is 8.46. The van der Waals surface area contributed by atoms with E-state index < -0.39 is 5.91 Å². The highest BCUT2D eigenvalue weighted by molar-refractivity contribution is 7.10. The molecule has 132 valence electrons. The molecule has 0 fully saturated rings. The van der Waals surface area contributed by atoms with Gasteiger partial charge in [-0.25, -0.2) is 0 Å². The topological polar surface area (TPSA) is 67.4 Å². The fourth-order valence-electron chi connectivity index (χ4n) is 2.13. The standard InChI is InChI=1S/C19H16N2O3S2/c1-24-15-6-4-14(5-7-15)20-19(23)17(11-16-3-2-9-26-16)21-18(22)13-8-10-25-12-13/h2-12H,1H3,(H,20,23)(H,21,22)/b17-11-. The summed E-state index contributed by atoms with van der Waals surface area (Å²) in [6.45, 7) is 0. The Balaban J connectivity index is 1.79. The molecule has 2 N–H and O–H groups in total. The lowest BCUT2D eigenvalue weighted by Gasteiger charge is -2.11. The Labute approximate surface area is 158 Å². The molecule has 0 spiro atoms. The molecule has 0 saturated carbocycles. The summed E-state index contributed by atoms with van der Waals surface area (Å²) in [6.07, 6.45) is 1.66. The minimum atomic E-state index is -0.396. The van der Waals surface area contributed by atoms with E-state index in [1.807, 2.05) is 22.9 Å². The van der Waals surface area contributed by atoms with Crippen LogP contribution >= 0.6 is 22.7 Å². The molecular formula is C19H16N2O3S2. The first-order valence-corrected chi connectivity index (χ1v) is 9.52. The van der Waals surface area contributed by atoms with Crippen molar-refractivity contribution in [2.24, 2.45) is 0 Å². The van der Waals surface area contributed by atoms with Crippen molar-refractivity contribution in [1.29, 1.82) is 0 Å².